The van der Waals surface area contributed by atoms with Crippen LogP contribution in [0, 0.1) is 0 Å². The summed E-state index contributed by atoms with van der Waals surface area (Å²) in [6, 6.07) is 17.9. The van der Waals surface area contributed by atoms with Crippen molar-refractivity contribution < 1.29 is 65.8 Å². The molecule has 58 heavy (non-hydrogen) atoms. The fourth-order valence-electron chi connectivity index (χ4n) is 6.13. The number of aromatic hydroxyl groups is 11. The highest BCUT2D eigenvalue weighted by atomic mass is 16.3. The molecule has 0 saturated heterocycles. The van der Waals surface area contributed by atoms with Gasteiger partial charge in [-0.25, -0.2) is 0 Å². The average Bonchev–Trinajstić information content (AvgIpc) is 3.53. The third-order valence-corrected chi connectivity index (χ3v) is 8.95. The van der Waals surface area contributed by atoms with E-state index in [0.717, 1.165) is 24.3 Å². The summed E-state index contributed by atoms with van der Waals surface area (Å²) in [6.07, 6.45) is 5.30. The molecular formula is C42H35N3O13. The minimum atomic E-state index is -0.897. The summed E-state index contributed by atoms with van der Waals surface area (Å²) < 4.78 is 1.30. The van der Waals surface area contributed by atoms with E-state index in [9.17, 15) is 65.8 Å². The highest BCUT2D eigenvalue weighted by Gasteiger charge is 2.33. The lowest BCUT2D eigenvalue weighted by Crippen LogP contribution is -2.27. The summed E-state index contributed by atoms with van der Waals surface area (Å²) >= 11 is 0. The maximum absolute atomic E-state index is 14.5. The second-order valence-corrected chi connectivity index (χ2v) is 12.9. The van der Waals surface area contributed by atoms with Gasteiger partial charge in [-0.1, -0.05) is 24.3 Å². The number of nitrogens with one attached hydrogen (secondary N) is 2. The van der Waals surface area contributed by atoms with Crippen molar-refractivity contribution >= 4 is 24.0 Å². The van der Waals surface area contributed by atoms with Crippen LogP contribution < -0.4 is 10.6 Å². The number of benzene rings is 5. The Bertz CT molecular complexity index is 2430. The standard InChI is InChI=1S/C42H35N3O13/c46-26-5-1-21(2-6-26)11-14-45-37(41(57)43-12-9-22-3-7-27(47)29(49)15-22)35(24-17-31(51)39(55)32(52)18-24)36(25-19-33(53)40(56)34(54)20-25)38(45)42(58)44-13-10-23-4-8-28(48)30(50)16-23/h1-10,12-13,15-20,46-56H,11,14H2,(H,43,57)(H,44,58)/b12-9+,13-10+. The summed E-state index contributed by atoms with van der Waals surface area (Å²) in [4.78, 5) is 29.0. The van der Waals surface area contributed by atoms with E-state index in [1.807, 2.05) is 0 Å². The van der Waals surface area contributed by atoms with Crippen LogP contribution in [-0.4, -0.2) is 72.6 Å². The molecule has 0 radical (unpaired) electrons. The molecule has 1 heterocycles. The Kier molecular flexibility index (Phi) is 10.9. The fraction of sp³-hybridized carbons (Fsp3) is 0.0476. The lowest BCUT2D eigenvalue weighted by molar-refractivity contribution is 0.0955. The van der Waals surface area contributed by atoms with Gasteiger partial charge < -0.3 is 71.4 Å². The van der Waals surface area contributed by atoms with E-state index in [1.165, 1.54) is 77.6 Å². The van der Waals surface area contributed by atoms with Crippen LogP contribution in [-0.2, 0) is 13.0 Å². The van der Waals surface area contributed by atoms with Crippen molar-refractivity contribution in [1.29, 1.82) is 0 Å². The number of nitrogens with zero attached hydrogens (tertiary/aromatic N) is 1. The van der Waals surface area contributed by atoms with Crippen molar-refractivity contribution in [2.24, 2.45) is 0 Å². The number of carbonyl (C=O) groups is 2. The molecule has 0 aliphatic rings. The Morgan fingerprint density at radius 1 is 0.483 bits per heavy atom. The number of aryl methyl sites for hydroxylation is 1. The van der Waals surface area contributed by atoms with E-state index in [0.29, 0.717) is 16.7 Å². The second-order valence-electron chi connectivity index (χ2n) is 12.9. The van der Waals surface area contributed by atoms with Crippen LogP contribution in [0.5, 0.6) is 63.2 Å². The number of hydrogen-bond acceptors (Lipinski definition) is 13. The van der Waals surface area contributed by atoms with E-state index < -0.39 is 57.8 Å². The first-order valence-electron chi connectivity index (χ1n) is 17.2. The average molecular weight is 790 g/mol. The monoisotopic (exact) mass is 789 g/mol. The lowest BCUT2D eigenvalue weighted by Gasteiger charge is -2.14. The summed E-state index contributed by atoms with van der Waals surface area (Å²) in [5.74, 6) is -8.49. The number of aromatic nitrogens is 1. The Hall–Kier alpha value is -8.40. The molecule has 1 aromatic heterocycles. The fourth-order valence-corrected chi connectivity index (χ4v) is 6.13. The molecule has 0 aliphatic heterocycles. The van der Waals surface area contributed by atoms with Crippen LogP contribution in [0.4, 0.5) is 0 Å². The van der Waals surface area contributed by atoms with Crippen LogP contribution in [0.3, 0.4) is 0 Å². The normalized spacial score (nSPS) is 11.3. The Balaban J connectivity index is 1.62. The second kappa shape index (κ2) is 16.1. The van der Waals surface area contributed by atoms with Crippen molar-refractivity contribution in [1.82, 2.24) is 15.2 Å². The Morgan fingerprint density at radius 2 is 0.879 bits per heavy atom. The van der Waals surface area contributed by atoms with Crippen LogP contribution >= 0.6 is 0 Å². The first-order chi connectivity index (χ1) is 27.6. The zero-order chi connectivity index (χ0) is 41.8. The molecule has 0 bridgehead atoms. The van der Waals surface area contributed by atoms with Crippen molar-refractivity contribution in [2.75, 3.05) is 0 Å². The third kappa shape index (κ3) is 8.15. The van der Waals surface area contributed by atoms with Crippen molar-refractivity contribution in [3.8, 4) is 85.5 Å². The molecule has 16 nitrogen and oxygen atoms in total. The van der Waals surface area contributed by atoms with Gasteiger partial charge in [0.1, 0.15) is 17.1 Å². The predicted molar refractivity (Wildman–Crippen MR) is 210 cm³/mol. The molecule has 0 atom stereocenters. The number of carbonyl (C=O) groups excluding carboxylic acids is 2. The quantitative estimate of drug-likeness (QED) is 0.0710. The number of phenolic OH excluding ortho intramolecular Hbond substituents is 11. The van der Waals surface area contributed by atoms with Gasteiger partial charge in [0.15, 0.2) is 57.5 Å². The number of phenols is 11. The molecule has 296 valence electrons. The first kappa shape index (κ1) is 39.3. The molecule has 0 aliphatic carbocycles. The largest absolute Gasteiger partial charge is 0.508 e. The van der Waals surface area contributed by atoms with Gasteiger partial charge in [-0.3, -0.25) is 9.59 Å². The van der Waals surface area contributed by atoms with E-state index >= 15 is 0 Å². The first-order valence-corrected chi connectivity index (χ1v) is 17.2. The van der Waals surface area contributed by atoms with Crippen LogP contribution in [0.25, 0.3) is 34.4 Å². The summed E-state index contributed by atoms with van der Waals surface area (Å²) in [6.45, 7) is -0.152. The summed E-state index contributed by atoms with van der Waals surface area (Å²) in [5, 5.41) is 118. The Morgan fingerprint density at radius 3 is 1.26 bits per heavy atom. The lowest BCUT2D eigenvalue weighted by atomic mass is 9.93. The maximum atomic E-state index is 14.5. The highest BCUT2D eigenvalue weighted by molar-refractivity contribution is 6.12. The van der Waals surface area contributed by atoms with Crippen molar-refractivity contribution in [3.05, 3.63) is 125 Å². The van der Waals surface area contributed by atoms with Gasteiger partial charge in [-0.15, -0.1) is 0 Å². The Labute approximate surface area is 328 Å². The molecule has 0 spiro atoms. The maximum Gasteiger partial charge on any atom is 0.272 e. The molecule has 0 unspecified atom stereocenters. The van der Waals surface area contributed by atoms with Gasteiger partial charge in [-0.2, -0.15) is 0 Å². The molecule has 6 aromatic rings. The predicted octanol–water partition coefficient (Wildman–Crippen LogP) is 5.63. The van der Waals surface area contributed by atoms with E-state index in [4.69, 9.17) is 0 Å². The number of hydrogen-bond donors (Lipinski definition) is 13. The van der Waals surface area contributed by atoms with E-state index in [-0.39, 0.29) is 63.9 Å². The van der Waals surface area contributed by atoms with Gasteiger partial charge in [0, 0.05) is 30.1 Å². The van der Waals surface area contributed by atoms with Crippen LogP contribution in [0.1, 0.15) is 37.7 Å². The van der Waals surface area contributed by atoms with E-state index in [2.05, 4.69) is 10.6 Å². The molecule has 0 fully saturated rings. The van der Waals surface area contributed by atoms with Crippen LogP contribution in [0.15, 0.2) is 97.3 Å². The van der Waals surface area contributed by atoms with E-state index in [1.54, 1.807) is 12.1 Å². The van der Waals surface area contributed by atoms with Gasteiger partial charge in [0.2, 0.25) is 0 Å². The van der Waals surface area contributed by atoms with Gasteiger partial charge in [0.05, 0.1) is 0 Å². The minimum absolute atomic E-state index is 0.0178. The van der Waals surface area contributed by atoms with Gasteiger partial charge in [-0.05, 0) is 107 Å². The number of amides is 2. The molecule has 2 amide bonds. The molecule has 5 aromatic carbocycles. The van der Waals surface area contributed by atoms with Crippen molar-refractivity contribution in [2.45, 2.75) is 13.0 Å². The minimum Gasteiger partial charge on any atom is -0.508 e. The van der Waals surface area contributed by atoms with Gasteiger partial charge >= 0.3 is 0 Å². The van der Waals surface area contributed by atoms with Crippen LogP contribution in [0.2, 0.25) is 0 Å². The zero-order valence-electron chi connectivity index (χ0n) is 30.0. The smallest absolute Gasteiger partial charge is 0.272 e. The number of rotatable bonds is 11. The van der Waals surface area contributed by atoms with Gasteiger partial charge in [0.25, 0.3) is 11.8 Å². The highest BCUT2D eigenvalue weighted by Crippen LogP contribution is 2.48. The molecule has 16 heteroatoms. The third-order valence-electron chi connectivity index (χ3n) is 8.95. The topological polar surface area (TPSA) is 286 Å². The zero-order valence-corrected chi connectivity index (χ0v) is 30.0. The SMILES string of the molecule is O=C(N/C=C/c1ccc(O)c(O)c1)c1c(-c2cc(O)c(O)c(O)c2)c(-c2cc(O)c(O)c(O)c2)c(C(=O)N/C=C/c2ccc(O)c(O)c2)n1CCc1ccc(O)cc1. The van der Waals surface area contributed by atoms with Crippen molar-refractivity contribution in [3.63, 3.8) is 0 Å². The molecular weight excluding hydrogens is 754 g/mol. The molecule has 0 saturated carbocycles. The molecule has 13 N–H and O–H groups in total. The molecule has 6 rings (SSSR count). The summed E-state index contributed by atoms with van der Waals surface area (Å²) in [5.41, 5.74) is 0.152. The summed E-state index contributed by atoms with van der Waals surface area (Å²) in [7, 11) is 0.